The van der Waals surface area contributed by atoms with Crippen molar-refractivity contribution >= 4 is 29.4 Å². The van der Waals surface area contributed by atoms with Crippen LogP contribution in [0.1, 0.15) is 163 Å². The lowest BCUT2D eigenvalue weighted by Crippen LogP contribution is -2.55. The Hall–Kier alpha value is -2.29. The van der Waals surface area contributed by atoms with Crippen LogP contribution in [0.4, 0.5) is 0 Å². The number of amides is 2. The third kappa shape index (κ3) is 7.12. The molecule has 2 spiro atoms. The second-order valence-electron chi connectivity index (χ2n) is 21.0. The predicted molar refractivity (Wildman–Crippen MR) is 208 cm³/mol. The van der Waals surface area contributed by atoms with Gasteiger partial charge >= 0.3 is 5.97 Å². The first-order chi connectivity index (χ1) is 25.6. The van der Waals surface area contributed by atoms with Crippen molar-refractivity contribution in [2.45, 2.75) is 181 Å². The fourth-order valence-corrected chi connectivity index (χ4v) is 12.8. The van der Waals surface area contributed by atoms with E-state index in [1.54, 1.807) is 0 Å². The molecule has 7 rings (SSSR count). The molecular weight excluding hydrogens is 679 g/mol. The smallest absolute Gasteiger partial charge is 0.306 e. The van der Waals surface area contributed by atoms with Gasteiger partial charge in [0, 0.05) is 43.3 Å². The number of ketones is 2. The van der Waals surface area contributed by atoms with Crippen molar-refractivity contribution in [2.24, 2.45) is 51.2 Å². The largest absolute Gasteiger partial charge is 0.481 e. The van der Waals surface area contributed by atoms with Gasteiger partial charge in [-0.2, -0.15) is 0 Å². The molecule has 2 heterocycles. The lowest BCUT2D eigenvalue weighted by molar-refractivity contribution is -0.148. The summed E-state index contributed by atoms with van der Waals surface area (Å²) in [5.41, 5.74) is -0.574. The molecule has 0 aromatic carbocycles. The Bertz CT molecular complexity index is 1450. The van der Waals surface area contributed by atoms with Crippen LogP contribution in [0.2, 0.25) is 0 Å². The summed E-state index contributed by atoms with van der Waals surface area (Å²) in [5, 5.41) is 13.4. The summed E-state index contributed by atoms with van der Waals surface area (Å²) in [5.74, 6) is -2.25. The third-order valence-electron chi connectivity index (χ3n) is 17.0. The van der Waals surface area contributed by atoms with Crippen molar-refractivity contribution in [1.82, 2.24) is 15.1 Å². The number of Topliss-reactive ketones (excluding diaryl/α,β-unsaturated/α-hetero) is 2. The molecular formula is C45H71N3O6. The van der Waals surface area contributed by atoms with E-state index < -0.39 is 35.3 Å². The standard InChI is InChI=1S/C45H71N3O6/c1-42(2,3)38(46-39(51)31-17-11-22-47(27-31)33-18-10-19-33)37(50)25-34(30-15-7-6-8-16-30)40(52)48-28-45(43(4,5)44(45)20-12-21-44)26-35(48)36(49)24-32(41(53)54)23-29-13-9-14-29/h29-35,38H,6-28H2,1-5H3,(H,46,51)(H,53,54)/t31-,32-,34+,35-,38+,45-/m0/s1. The Balaban J connectivity index is 1.12. The zero-order valence-electron chi connectivity index (χ0n) is 34.3. The van der Waals surface area contributed by atoms with Gasteiger partial charge in [0.05, 0.1) is 23.9 Å². The maximum absolute atomic E-state index is 15.3. The Kier molecular flexibility index (Phi) is 11.3. The summed E-state index contributed by atoms with van der Waals surface area (Å²) in [6.45, 7) is 12.9. The highest BCUT2D eigenvalue weighted by atomic mass is 16.4. The minimum atomic E-state index is -0.909. The third-order valence-corrected chi connectivity index (χ3v) is 17.0. The number of carboxylic acids is 1. The first-order valence-electron chi connectivity index (χ1n) is 22.2. The molecule has 6 atom stereocenters. The van der Waals surface area contributed by atoms with Gasteiger partial charge in [0.15, 0.2) is 11.6 Å². The van der Waals surface area contributed by atoms with E-state index in [1.807, 2.05) is 25.7 Å². The zero-order chi connectivity index (χ0) is 38.6. The number of piperidine rings is 1. The van der Waals surface area contributed by atoms with E-state index in [9.17, 15) is 24.3 Å². The highest BCUT2D eigenvalue weighted by Crippen LogP contribution is 2.88. The molecule has 9 heteroatoms. The summed E-state index contributed by atoms with van der Waals surface area (Å²) in [6.07, 6.45) is 18.1. The summed E-state index contributed by atoms with van der Waals surface area (Å²) in [7, 11) is 0. The van der Waals surface area contributed by atoms with Crippen LogP contribution in [0.15, 0.2) is 0 Å². The van der Waals surface area contributed by atoms with Crippen LogP contribution in [-0.4, -0.2) is 82.0 Å². The predicted octanol–water partition coefficient (Wildman–Crippen LogP) is 7.59. The van der Waals surface area contributed by atoms with E-state index in [4.69, 9.17) is 0 Å². The average Bonchev–Trinajstić information content (AvgIpc) is 3.28. The molecule has 0 unspecified atom stereocenters. The number of aliphatic carboxylic acids is 1. The van der Waals surface area contributed by atoms with E-state index >= 15 is 4.79 Å². The van der Waals surface area contributed by atoms with Crippen molar-refractivity contribution in [3.05, 3.63) is 0 Å². The number of carbonyl (C=O) groups is 5. The lowest BCUT2D eigenvalue weighted by Gasteiger charge is -2.42. The zero-order valence-corrected chi connectivity index (χ0v) is 34.3. The number of nitrogens with zero attached hydrogens (tertiary/aromatic N) is 2. The number of carbonyl (C=O) groups excluding carboxylic acids is 4. The minimum Gasteiger partial charge on any atom is -0.481 e. The Morgan fingerprint density at radius 1 is 0.815 bits per heavy atom. The highest BCUT2D eigenvalue weighted by molar-refractivity contribution is 5.96. The summed E-state index contributed by atoms with van der Waals surface area (Å²) < 4.78 is 0. The van der Waals surface area contributed by atoms with Gasteiger partial charge in [-0.25, -0.2) is 0 Å². The molecule has 5 aliphatic carbocycles. The van der Waals surface area contributed by atoms with Crippen molar-refractivity contribution in [3.63, 3.8) is 0 Å². The second kappa shape index (κ2) is 15.2. The normalized spacial score (nSPS) is 31.5. The molecule has 2 saturated heterocycles. The van der Waals surface area contributed by atoms with E-state index in [1.165, 1.54) is 25.7 Å². The maximum Gasteiger partial charge on any atom is 0.306 e. The Morgan fingerprint density at radius 2 is 1.50 bits per heavy atom. The molecule has 9 nitrogen and oxygen atoms in total. The quantitative estimate of drug-likeness (QED) is 0.188. The van der Waals surface area contributed by atoms with Crippen LogP contribution in [0.5, 0.6) is 0 Å². The van der Waals surface area contributed by atoms with Crippen LogP contribution < -0.4 is 5.32 Å². The number of rotatable bonds is 14. The molecule has 7 aliphatic rings. The molecule has 5 saturated carbocycles. The molecule has 0 radical (unpaired) electrons. The maximum atomic E-state index is 15.3. The van der Waals surface area contributed by atoms with Gasteiger partial charge in [-0.15, -0.1) is 0 Å². The summed E-state index contributed by atoms with van der Waals surface area (Å²) in [6, 6.07) is -0.778. The lowest BCUT2D eigenvalue weighted by atomic mass is 9.73. The summed E-state index contributed by atoms with van der Waals surface area (Å²) in [4.78, 5) is 75.1. The van der Waals surface area contributed by atoms with E-state index in [0.29, 0.717) is 31.3 Å². The SMILES string of the molecule is CC(C)(C)[C@H](NC(=O)[C@H]1CCCN(C2CCC2)C1)C(=O)C[C@@H](C(=O)N1C[C@@]2(C[C@H]1C(=O)C[C@H](CC1CCC1)C(=O)O)C(C)(C)C21CCC1)C1CCCCC1. The van der Waals surface area contributed by atoms with Crippen molar-refractivity contribution in [2.75, 3.05) is 19.6 Å². The number of hydrogen-bond acceptors (Lipinski definition) is 6. The fraction of sp³-hybridized carbons (Fsp3) is 0.889. The number of nitrogens with one attached hydrogen (secondary N) is 1. The fourth-order valence-electron chi connectivity index (χ4n) is 12.8. The molecule has 7 fully saturated rings. The van der Waals surface area contributed by atoms with Gasteiger partial charge in [0.1, 0.15) is 0 Å². The topological polar surface area (TPSA) is 124 Å². The first kappa shape index (κ1) is 39.9. The van der Waals surface area contributed by atoms with Gasteiger partial charge < -0.3 is 15.3 Å². The van der Waals surface area contributed by atoms with E-state index in [0.717, 1.165) is 90.1 Å². The molecule has 0 aromatic rings. The van der Waals surface area contributed by atoms with Gasteiger partial charge in [0.25, 0.3) is 0 Å². The molecule has 2 aliphatic heterocycles. The molecule has 54 heavy (non-hydrogen) atoms. The molecule has 0 bridgehead atoms. The number of fused-ring (bicyclic) bond motifs is 1. The van der Waals surface area contributed by atoms with Gasteiger partial charge in [-0.1, -0.05) is 86.0 Å². The van der Waals surface area contributed by atoms with Crippen LogP contribution in [0, 0.1) is 51.2 Å². The molecule has 2 N–H and O–H groups in total. The van der Waals surface area contributed by atoms with Crippen molar-refractivity contribution < 1.29 is 29.1 Å². The van der Waals surface area contributed by atoms with Crippen LogP contribution in [-0.2, 0) is 24.0 Å². The van der Waals surface area contributed by atoms with Crippen molar-refractivity contribution in [1.29, 1.82) is 0 Å². The van der Waals surface area contributed by atoms with Crippen LogP contribution in [0.3, 0.4) is 0 Å². The van der Waals surface area contributed by atoms with Crippen molar-refractivity contribution in [3.8, 4) is 0 Å². The monoisotopic (exact) mass is 750 g/mol. The molecule has 302 valence electrons. The van der Waals surface area contributed by atoms with Gasteiger partial charge in [0.2, 0.25) is 11.8 Å². The average molecular weight is 750 g/mol. The first-order valence-corrected chi connectivity index (χ1v) is 22.2. The number of likely N-dealkylation sites (tertiary alicyclic amines) is 2. The number of hydrogen-bond donors (Lipinski definition) is 2. The number of carboxylic acid groups (broad SMARTS) is 1. The Morgan fingerprint density at radius 3 is 2.04 bits per heavy atom. The highest BCUT2D eigenvalue weighted by Gasteiger charge is 2.85. The van der Waals surface area contributed by atoms with Gasteiger partial charge in [-0.05, 0) is 98.8 Å². The van der Waals surface area contributed by atoms with Gasteiger partial charge in [-0.3, -0.25) is 28.9 Å². The summed E-state index contributed by atoms with van der Waals surface area (Å²) >= 11 is 0. The van der Waals surface area contributed by atoms with E-state index in [2.05, 4.69) is 24.1 Å². The molecule has 0 aromatic heterocycles. The minimum absolute atomic E-state index is 0.00492. The van der Waals surface area contributed by atoms with Crippen LogP contribution in [0.25, 0.3) is 0 Å². The van der Waals surface area contributed by atoms with E-state index in [-0.39, 0.29) is 64.3 Å². The Labute approximate surface area is 324 Å². The second-order valence-corrected chi connectivity index (χ2v) is 21.0. The van der Waals surface area contributed by atoms with Crippen LogP contribution >= 0.6 is 0 Å². The molecule has 2 amide bonds.